The molecule has 7 heteroatoms. The molecule has 4 N–H and O–H groups in total. The number of hydrogen-bond acceptors (Lipinski definition) is 4. The van der Waals surface area contributed by atoms with Crippen LogP contribution in [0.4, 0.5) is 11.5 Å². The normalized spacial score (nSPS) is 11.6. The van der Waals surface area contributed by atoms with Crippen molar-refractivity contribution in [3.05, 3.63) is 34.5 Å². The van der Waals surface area contributed by atoms with Crippen molar-refractivity contribution in [2.75, 3.05) is 10.5 Å². The van der Waals surface area contributed by atoms with Gasteiger partial charge in [0.15, 0.2) is 0 Å². The van der Waals surface area contributed by atoms with Crippen molar-refractivity contribution in [2.45, 2.75) is 32.6 Å². The van der Waals surface area contributed by atoms with Gasteiger partial charge in [0, 0.05) is 11.3 Å². The Morgan fingerprint density at radius 2 is 1.80 bits per heavy atom. The van der Waals surface area contributed by atoms with Gasteiger partial charge in [-0.2, -0.15) is 5.10 Å². The smallest absolute Gasteiger partial charge is 0.263 e. The Labute approximate surface area is 118 Å². The number of nitrogens with zero attached hydrogens (tertiary/aromatic N) is 1. The highest BCUT2D eigenvalue weighted by atomic mass is 32.2. The van der Waals surface area contributed by atoms with Crippen LogP contribution in [-0.4, -0.2) is 18.6 Å². The number of benzene rings is 1. The fourth-order valence-electron chi connectivity index (χ4n) is 2.08. The first-order chi connectivity index (χ1) is 9.24. The van der Waals surface area contributed by atoms with Crippen LogP contribution in [0.2, 0.25) is 0 Å². The van der Waals surface area contributed by atoms with Gasteiger partial charge in [0.1, 0.15) is 5.82 Å². The predicted molar refractivity (Wildman–Crippen MR) is 79.2 cm³/mol. The van der Waals surface area contributed by atoms with E-state index in [2.05, 4.69) is 14.9 Å². The second kappa shape index (κ2) is 4.82. The summed E-state index contributed by atoms with van der Waals surface area (Å²) in [6.45, 7) is 7.09. The number of H-pyrrole nitrogens is 1. The van der Waals surface area contributed by atoms with Crippen molar-refractivity contribution < 1.29 is 8.42 Å². The molecule has 0 saturated heterocycles. The molecule has 0 aliphatic heterocycles. The molecule has 0 radical (unpaired) electrons. The zero-order chi connectivity index (χ0) is 15.1. The van der Waals surface area contributed by atoms with E-state index in [1.165, 1.54) is 0 Å². The maximum Gasteiger partial charge on any atom is 0.263 e. The maximum atomic E-state index is 12.6. The van der Waals surface area contributed by atoms with Gasteiger partial charge in [0.2, 0.25) is 0 Å². The topological polar surface area (TPSA) is 101 Å². The molecule has 6 nitrogen and oxygen atoms in total. The van der Waals surface area contributed by atoms with Crippen molar-refractivity contribution in [3.63, 3.8) is 0 Å². The molecule has 0 unspecified atom stereocenters. The second-order valence-electron chi connectivity index (χ2n) is 4.90. The lowest BCUT2D eigenvalue weighted by Gasteiger charge is -2.16. The molecule has 1 aromatic heterocycles. The van der Waals surface area contributed by atoms with Crippen LogP contribution in [0, 0.1) is 27.7 Å². The van der Waals surface area contributed by atoms with Crippen molar-refractivity contribution in [1.29, 1.82) is 0 Å². The molecule has 20 heavy (non-hydrogen) atoms. The first-order valence-corrected chi connectivity index (χ1v) is 7.61. The molecular formula is C13H18N4O2S. The first-order valence-electron chi connectivity index (χ1n) is 6.13. The molecular weight excluding hydrogens is 276 g/mol. The number of nitrogen functional groups attached to an aromatic ring is 1. The predicted octanol–water partition coefficient (Wildman–Crippen LogP) is 2.03. The standard InChI is InChI=1S/C13H18N4O2S/c1-7-5-11(14)10(4)12(9(7)3)20(18,19)17-13-8(2)6-15-16-13/h5-6H,14H2,1-4H3,(H2,15,16,17). The van der Waals surface area contributed by atoms with Crippen molar-refractivity contribution >= 4 is 21.5 Å². The number of aromatic nitrogens is 2. The first kappa shape index (κ1) is 14.4. The third kappa shape index (κ3) is 2.36. The van der Waals surface area contributed by atoms with E-state index in [9.17, 15) is 8.42 Å². The molecule has 2 aromatic rings. The minimum atomic E-state index is -3.71. The SMILES string of the molecule is Cc1cn[nH]c1NS(=O)(=O)c1c(C)c(C)cc(N)c1C. The summed E-state index contributed by atoms with van der Waals surface area (Å²) >= 11 is 0. The monoisotopic (exact) mass is 294 g/mol. The van der Waals surface area contributed by atoms with E-state index in [0.717, 1.165) is 11.1 Å². The minimum absolute atomic E-state index is 0.226. The average molecular weight is 294 g/mol. The Bertz CT molecular complexity index is 737. The van der Waals surface area contributed by atoms with E-state index >= 15 is 0 Å². The van der Waals surface area contributed by atoms with Gasteiger partial charge in [-0.25, -0.2) is 8.42 Å². The molecule has 0 amide bonds. The maximum absolute atomic E-state index is 12.6. The quantitative estimate of drug-likeness (QED) is 0.754. The van der Waals surface area contributed by atoms with Crippen LogP contribution in [0.5, 0.6) is 0 Å². The molecule has 0 aliphatic carbocycles. The van der Waals surface area contributed by atoms with Crippen molar-refractivity contribution in [2.24, 2.45) is 0 Å². The molecule has 0 spiro atoms. The largest absolute Gasteiger partial charge is 0.398 e. The van der Waals surface area contributed by atoms with E-state index < -0.39 is 10.0 Å². The lowest BCUT2D eigenvalue weighted by molar-refractivity contribution is 0.599. The fourth-order valence-corrected chi connectivity index (χ4v) is 3.74. The molecule has 0 aliphatic rings. The van der Waals surface area contributed by atoms with Crippen molar-refractivity contribution in [1.82, 2.24) is 10.2 Å². The molecule has 1 heterocycles. The zero-order valence-corrected chi connectivity index (χ0v) is 12.7. The van der Waals surface area contributed by atoms with Gasteiger partial charge in [-0.3, -0.25) is 9.82 Å². The Balaban J connectivity index is 2.58. The Kier molecular flexibility index (Phi) is 3.47. The molecule has 0 saturated carbocycles. The van der Waals surface area contributed by atoms with Crippen LogP contribution in [0.25, 0.3) is 0 Å². The lowest BCUT2D eigenvalue weighted by atomic mass is 10.1. The summed E-state index contributed by atoms with van der Waals surface area (Å²) in [6.07, 6.45) is 1.56. The molecule has 0 bridgehead atoms. The van der Waals surface area contributed by atoms with Crippen LogP contribution in [0.15, 0.2) is 17.2 Å². The highest BCUT2D eigenvalue weighted by Gasteiger charge is 2.23. The van der Waals surface area contributed by atoms with Gasteiger partial charge >= 0.3 is 0 Å². The summed E-state index contributed by atoms with van der Waals surface area (Å²) in [5, 5.41) is 6.43. The van der Waals surface area contributed by atoms with E-state index in [1.54, 1.807) is 33.0 Å². The molecule has 2 rings (SSSR count). The fraction of sp³-hybridized carbons (Fsp3) is 0.308. The van der Waals surface area contributed by atoms with Crippen molar-refractivity contribution in [3.8, 4) is 0 Å². The van der Waals surface area contributed by atoms with Gasteiger partial charge in [-0.05, 0) is 50.5 Å². The summed E-state index contributed by atoms with van der Waals surface area (Å²) < 4.78 is 27.7. The van der Waals surface area contributed by atoms with Crippen LogP contribution in [0.3, 0.4) is 0 Å². The number of aromatic amines is 1. The number of nitrogens with two attached hydrogens (primary N) is 1. The highest BCUT2D eigenvalue weighted by Crippen LogP contribution is 2.29. The third-order valence-electron chi connectivity index (χ3n) is 3.41. The second-order valence-corrected chi connectivity index (χ2v) is 6.51. The van der Waals surface area contributed by atoms with E-state index in [1.807, 2.05) is 6.92 Å². The van der Waals surface area contributed by atoms with Gasteiger partial charge in [-0.1, -0.05) is 0 Å². The number of sulfonamides is 1. The van der Waals surface area contributed by atoms with Gasteiger partial charge in [0.05, 0.1) is 11.1 Å². The van der Waals surface area contributed by atoms with Crippen LogP contribution in [0.1, 0.15) is 22.3 Å². The Hall–Kier alpha value is -2.02. The van der Waals surface area contributed by atoms with Crippen LogP contribution in [-0.2, 0) is 10.0 Å². The third-order valence-corrected chi connectivity index (χ3v) is 5.03. The van der Waals surface area contributed by atoms with Gasteiger partial charge < -0.3 is 5.73 Å². The summed E-state index contributed by atoms with van der Waals surface area (Å²) in [6, 6.07) is 1.78. The lowest BCUT2D eigenvalue weighted by Crippen LogP contribution is -2.18. The van der Waals surface area contributed by atoms with E-state index in [0.29, 0.717) is 22.6 Å². The number of hydrogen-bond donors (Lipinski definition) is 3. The summed E-state index contributed by atoms with van der Waals surface area (Å²) in [5.41, 5.74) is 9.16. The van der Waals surface area contributed by atoms with Gasteiger partial charge in [-0.15, -0.1) is 0 Å². The summed E-state index contributed by atoms with van der Waals surface area (Å²) in [4.78, 5) is 0.226. The van der Waals surface area contributed by atoms with Gasteiger partial charge in [0.25, 0.3) is 10.0 Å². The number of nitrogens with one attached hydrogen (secondary N) is 2. The Morgan fingerprint density at radius 1 is 1.15 bits per heavy atom. The number of aryl methyl sites for hydroxylation is 2. The number of anilines is 2. The average Bonchev–Trinajstić information content (AvgIpc) is 2.72. The van der Waals surface area contributed by atoms with Crippen LogP contribution < -0.4 is 10.5 Å². The van der Waals surface area contributed by atoms with E-state index in [4.69, 9.17) is 5.73 Å². The summed E-state index contributed by atoms with van der Waals surface area (Å²) in [7, 11) is -3.71. The summed E-state index contributed by atoms with van der Waals surface area (Å²) in [5.74, 6) is 0.365. The molecule has 108 valence electrons. The number of rotatable bonds is 3. The molecule has 0 atom stereocenters. The molecule has 0 fully saturated rings. The Morgan fingerprint density at radius 3 is 2.35 bits per heavy atom. The highest BCUT2D eigenvalue weighted by molar-refractivity contribution is 7.92. The zero-order valence-electron chi connectivity index (χ0n) is 11.9. The molecule has 1 aromatic carbocycles. The minimum Gasteiger partial charge on any atom is -0.398 e. The van der Waals surface area contributed by atoms with Crippen LogP contribution >= 0.6 is 0 Å². The van der Waals surface area contributed by atoms with E-state index in [-0.39, 0.29) is 4.90 Å².